The summed E-state index contributed by atoms with van der Waals surface area (Å²) < 4.78 is 4.96. The Balaban J connectivity index is 0.000000245. The average molecular weight is 487 g/mol. The first-order chi connectivity index (χ1) is 15.7. The van der Waals surface area contributed by atoms with Gasteiger partial charge in [-0.3, -0.25) is 4.98 Å². The Morgan fingerprint density at radius 1 is 1.03 bits per heavy atom. The van der Waals surface area contributed by atoms with E-state index in [-0.39, 0.29) is 5.97 Å². The van der Waals surface area contributed by atoms with Crippen molar-refractivity contribution >= 4 is 40.7 Å². The van der Waals surface area contributed by atoms with E-state index >= 15 is 0 Å². The van der Waals surface area contributed by atoms with E-state index < -0.39 is 0 Å². The Morgan fingerprint density at radius 2 is 1.70 bits per heavy atom. The molecule has 0 radical (unpaired) electrons. The number of aromatic nitrogens is 3. The van der Waals surface area contributed by atoms with Gasteiger partial charge in [0.05, 0.1) is 29.1 Å². The van der Waals surface area contributed by atoms with Crippen LogP contribution < -0.4 is 0 Å². The van der Waals surface area contributed by atoms with Crippen molar-refractivity contribution in [3.8, 4) is 11.3 Å². The SMILES string of the molecule is CCOC(=O)c1ccc(-c2ccc(Cl)nc2)nc1C.CN(C)CC(=C=O)c1ccc(Cl)nc1. The molecular formula is C24H24Cl2N4O3. The summed E-state index contributed by atoms with van der Waals surface area (Å²) in [6, 6.07) is 10.4. The van der Waals surface area contributed by atoms with E-state index in [1.165, 1.54) is 0 Å². The van der Waals surface area contributed by atoms with Gasteiger partial charge in [0.25, 0.3) is 0 Å². The fourth-order valence-corrected chi connectivity index (χ4v) is 2.95. The second-order valence-electron chi connectivity index (χ2n) is 7.11. The molecule has 0 aliphatic heterocycles. The highest BCUT2D eigenvalue weighted by molar-refractivity contribution is 6.29. The molecule has 0 unspecified atom stereocenters. The standard InChI is InChI=1S/C14H13ClN2O2.C10H11ClN2O/c1-3-19-14(18)11-5-6-12(17-9(11)2)10-4-7-13(15)16-8-10;1-13(2)6-9(7-14)8-3-4-10(11)12-5-8/h4-8H,3H2,1-2H3;3-5H,6H2,1-2H3. The van der Waals surface area contributed by atoms with Crippen molar-refractivity contribution in [2.24, 2.45) is 0 Å². The lowest BCUT2D eigenvalue weighted by Gasteiger charge is -2.09. The topological polar surface area (TPSA) is 85.3 Å². The van der Waals surface area contributed by atoms with Gasteiger partial charge in [0.2, 0.25) is 0 Å². The summed E-state index contributed by atoms with van der Waals surface area (Å²) >= 11 is 11.4. The van der Waals surface area contributed by atoms with Gasteiger partial charge in [-0.1, -0.05) is 23.2 Å². The molecule has 0 aromatic carbocycles. The second kappa shape index (κ2) is 12.8. The van der Waals surface area contributed by atoms with Crippen LogP contribution in [0.4, 0.5) is 0 Å². The summed E-state index contributed by atoms with van der Waals surface area (Å²) in [5, 5.41) is 0.854. The molecular weight excluding hydrogens is 463 g/mol. The molecule has 3 heterocycles. The van der Waals surface area contributed by atoms with Crippen LogP contribution in [0.3, 0.4) is 0 Å². The van der Waals surface area contributed by atoms with Gasteiger partial charge < -0.3 is 9.64 Å². The van der Waals surface area contributed by atoms with Crippen molar-refractivity contribution in [2.45, 2.75) is 13.8 Å². The number of carbonyl (C=O) groups is 1. The molecule has 3 aromatic heterocycles. The molecule has 0 fully saturated rings. The molecule has 7 nitrogen and oxygen atoms in total. The predicted octanol–water partition coefficient (Wildman–Crippen LogP) is 4.79. The molecule has 3 aromatic rings. The van der Waals surface area contributed by atoms with Gasteiger partial charge in [-0.2, -0.15) is 0 Å². The highest BCUT2D eigenvalue weighted by Gasteiger charge is 2.12. The van der Waals surface area contributed by atoms with Crippen LogP contribution in [0.15, 0.2) is 48.8 Å². The fraction of sp³-hybridized carbons (Fsp3) is 0.250. The number of esters is 1. The van der Waals surface area contributed by atoms with Crippen LogP contribution in [0.1, 0.15) is 28.5 Å². The first-order valence-corrected chi connectivity index (χ1v) is 10.8. The zero-order valence-electron chi connectivity index (χ0n) is 18.8. The molecule has 0 amide bonds. The van der Waals surface area contributed by atoms with Crippen LogP contribution in [0.5, 0.6) is 0 Å². The van der Waals surface area contributed by atoms with Gasteiger partial charge in [-0.15, -0.1) is 0 Å². The van der Waals surface area contributed by atoms with E-state index in [1.54, 1.807) is 56.6 Å². The Bertz CT molecular complexity index is 1130. The Hall–Kier alpha value is -3.09. The second-order valence-corrected chi connectivity index (χ2v) is 7.88. The van der Waals surface area contributed by atoms with Crippen LogP contribution in [0.25, 0.3) is 16.8 Å². The number of hydrogen-bond donors (Lipinski definition) is 0. The number of aryl methyl sites for hydroxylation is 1. The lowest BCUT2D eigenvalue weighted by molar-refractivity contribution is 0.0525. The molecule has 0 aliphatic rings. The van der Waals surface area contributed by atoms with Gasteiger partial charge >= 0.3 is 5.97 Å². The summed E-state index contributed by atoms with van der Waals surface area (Å²) in [4.78, 5) is 36.5. The molecule has 0 aliphatic carbocycles. The van der Waals surface area contributed by atoms with Crippen molar-refractivity contribution in [3.63, 3.8) is 0 Å². The average Bonchev–Trinajstić information content (AvgIpc) is 2.79. The number of halogens is 2. The van der Waals surface area contributed by atoms with E-state index in [0.29, 0.717) is 40.3 Å². The van der Waals surface area contributed by atoms with Crippen LogP contribution in [-0.4, -0.2) is 59.0 Å². The van der Waals surface area contributed by atoms with Gasteiger partial charge in [0.1, 0.15) is 16.2 Å². The Labute approximate surface area is 203 Å². The van der Waals surface area contributed by atoms with Crippen LogP contribution >= 0.6 is 23.2 Å². The third-order valence-corrected chi connectivity index (χ3v) is 4.72. The normalized spacial score (nSPS) is 10.2. The highest BCUT2D eigenvalue weighted by atomic mass is 35.5. The lowest BCUT2D eigenvalue weighted by atomic mass is 10.1. The molecule has 172 valence electrons. The first-order valence-electron chi connectivity index (χ1n) is 10.0. The largest absolute Gasteiger partial charge is 0.462 e. The summed E-state index contributed by atoms with van der Waals surface area (Å²) in [6.45, 7) is 4.45. The van der Waals surface area contributed by atoms with Crippen molar-refractivity contribution in [1.29, 1.82) is 0 Å². The molecule has 0 atom stereocenters. The zero-order chi connectivity index (χ0) is 24.4. The number of pyridine rings is 3. The van der Waals surface area contributed by atoms with E-state index in [9.17, 15) is 9.59 Å². The molecule has 33 heavy (non-hydrogen) atoms. The molecule has 0 bridgehead atoms. The minimum Gasteiger partial charge on any atom is -0.462 e. The molecule has 0 saturated carbocycles. The zero-order valence-corrected chi connectivity index (χ0v) is 20.3. The third-order valence-electron chi connectivity index (χ3n) is 4.28. The van der Waals surface area contributed by atoms with E-state index in [0.717, 1.165) is 16.8 Å². The van der Waals surface area contributed by atoms with Gasteiger partial charge in [0.15, 0.2) is 0 Å². The highest BCUT2D eigenvalue weighted by Crippen LogP contribution is 2.20. The monoisotopic (exact) mass is 486 g/mol. The lowest BCUT2D eigenvalue weighted by Crippen LogP contribution is -2.14. The van der Waals surface area contributed by atoms with Crippen molar-refractivity contribution in [3.05, 3.63) is 75.9 Å². The Morgan fingerprint density at radius 3 is 2.18 bits per heavy atom. The maximum Gasteiger partial charge on any atom is 0.339 e. The smallest absolute Gasteiger partial charge is 0.339 e. The maximum atomic E-state index is 11.7. The molecule has 9 heteroatoms. The number of nitrogens with zero attached hydrogens (tertiary/aromatic N) is 4. The number of carbonyl (C=O) groups excluding carboxylic acids is 2. The summed E-state index contributed by atoms with van der Waals surface area (Å²) in [5.74, 6) is 1.56. The van der Waals surface area contributed by atoms with Gasteiger partial charge in [0, 0.05) is 30.1 Å². The molecule has 3 rings (SSSR count). The van der Waals surface area contributed by atoms with Crippen LogP contribution in [0.2, 0.25) is 10.3 Å². The molecule has 0 saturated heterocycles. The van der Waals surface area contributed by atoms with E-state index in [1.807, 2.05) is 31.0 Å². The van der Waals surface area contributed by atoms with Crippen LogP contribution in [-0.2, 0) is 9.53 Å². The van der Waals surface area contributed by atoms with E-state index in [4.69, 9.17) is 27.9 Å². The minimum atomic E-state index is -0.353. The Kier molecular flexibility index (Phi) is 10.2. The number of ether oxygens (including phenoxy) is 1. The summed E-state index contributed by atoms with van der Waals surface area (Å²) in [5.41, 5.74) is 4.05. The van der Waals surface area contributed by atoms with Crippen LogP contribution in [0, 0.1) is 6.92 Å². The number of rotatable bonds is 6. The van der Waals surface area contributed by atoms with Gasteiger partial charge in [-0.25, -0.2) is 19.6 Å². The molecule has 0 spiro atoms. The quantitative estimate of drug-likeness (QED) is 0.281. The first kappa shape index (κ1) is 26.2. The summed E-state index contributed by atoms with van der Waals surface area (Å²) in [7, 11) is 3.78. The van der Waals surface area contributed by atoms with E-state index in [2.05, 4.69) is 15.0 Å². The molecule has 0 N–H and O–H groups in total. The predicted molar refractivity (Wildman–Crippen MR) is 130 cm³/mol. The summed E-state index contributed by atoms with van der Waals surface area (Å²) in [6.07, 6.45) is 3.22. The third kappa shape index (κ3) is 8.08. The van der Waals surface area contributed by atoms with Crippen molar-refractivity contribution < 1.29 is 14.3 Å². The van der Waals surface area contributed by atoms with Crippen molar-refractivity contribution in [2.75, 3.05) is 27.2 Å². The maximum absolute atomic E-state index is 11.7. The van der Waals surface area contributed by atoms with Crippen molar-refractivity contribution in [1.82, 2.24) is 19.9 Å². The minimum absolute atomic E-state index is 0.348. The number of hydrogen-bond acceptors (Lipinski definition) is 7. The fourth-order valence-electron chi connectivity index (χ4n) is 2.73. The number of likely N-dealkylation sites (N-methyl/N-ethyl adjacent to an activating group) is 1. The van der Waals surface area contributed by atoms with Gasteiger partial charge in [-0.05, 0) is 64.3 Å².